The van der Waals surface area contributed by atoms with Crippen LogP contribution in [0.5, 0.6) is 0 Å². The molecule has 0 saturated heterocycles. The molecule has 0 spiro atoms. The van der Waals surface area contributed by atoms with Crippen LogP contribution >= 0.6 is 11.6 Å². The number of carbonyl (C=O) groups is 2. The van der Waals surface area contributed by atoms with Crippen LogP contribution in [-0.4, -0.2) is 17.9 Å². The lowest BCUT2D eigenvalue weighted by atomic mass is 10.0. The molecule has 0 aliphatic heterocycles. The Balaban J connectivity index is 1.98. The van der Waals surface area contributed by atoms with Crippen LogP contribution in [0, 0.1) is 11.7 Å². The molecule has 0 heterocycles. The molecular formula is C19H20ClFN2O2. The predicted molar refractivity (Wildman–Crippen MR) is 95.8 cm³/mol. The van der Waals surface area contributed by atoms with Gasteiger partial charge in [-0.25, -0.2) is 4.39 Å². The van der Waals surface area contributed by atoms with Gasteiger partial charge in [-0.3, -0.25) is 9.59 Å². The molecule has 2 N–H and O–H groups in total. The summed E-state index contributed by atoms with van der Waals surface area (Å²) in [4.78, 5) is 24.7. The average molecular weight is 363 g/mol. The zero-order valence-electron chi connectivity index (χ0n) is 14.1. The third-order valence-electron chi connectivity index (χ3n) is 3.72. The fraction of sp³-hybridized carbons (Fsp3) is 0.263. The number of hydrogen-bond acceptors (Lipinski definition) is 2. The van der Waals surface area contributed by atoms with E-state index < -0.39 is 6.04 Å². The molecule has 2 aromatic rings. The van der Waals surface area contributed by atoms with Crippen molar-refractivity contribution in [3.63, 3.8) is 0 Å². The molecule has 0 aliphatic carbocycles. The summed E-state index contributed by atoms with van der Waals surface area (Å²) in [5.74, 6) is -1.05. The van der Waals surface area contributed by atoms with E-state index >= 15 is 0 Å². The molecule has 2 aromatic carbocycles. The molecule has 6 heteroatoms. The van der Waals surface area contributed by atoms with Crippen LogP contribution in [-0.2, 0) is 11.3 Å². The maximum Gasteiger partial charge on any atom is 0.251 e. The molecule has 4 nitrogen and oxygen atoms in total. The highest BCUT2D eigenvalue weighted by Gasteiger charge is 2.24. The summed E-state index contributed by atoms with van der Waals surface area (Å²) < 4.78 is 12.9. The highest BCUT2D eigenvalue weighted by molar-refractivity contribution is 6.30. The highest BCUT2D eigenvalue weighted by atomic mass is 35.5. The van der Waals surface area contributed by atoms with Gasteiger partial charge in [0.2, 0.25) is 5.91 Å². The van der Waals surface area contributed by atoms with Crippen LogP contribution in [0.1, 0.15) is 29.8 Å². The molecule has 0 radical (unpaired) electrons. The number of nitrogens with one attached hydrogen (secondary N) is 2. The third-order valence-corrected chi connectivity index (χ3v) is 3.97. The lowest BCUT2D eigenvalue weighted by molar-refractivity contribution is -0.124. The molecule has 0 unspecified atom stereocenters. The molecule has 132 valence electrons. The van der Waals surface area contributed by atoms with Crippen molar-refractivity contribution < 1.29 is 14.0 Å². The first-order chi connectivity index (χ1) is 11.9. The standard InChI is InChI=1S/C19H20ClFN2O2/c1-12(2)17(23-18(24)14-5-7-15(20)8-6-14)19(25)22-11-13-3-9-16(21)10-4-13/h3-10,12,17H,11H2,1-2H3,(H,22,25)(H,23,24)/t17-/m0/s1. The fourth-order valence-corrected chi connectivity index (χ4v) is 2.39. The van der Waals surface area contributed by atoms with Gasteiger partial charge in [-0.2, -0.15) is 0 Å². The smallest absolute Gasteiger partial charge is 0.251 e. The van der Waals surface area contributed by atoms with Crippen LogP contribution in [0.2, 0.25) is 5.02 Å². The van der Waals surface area contributed by atoms with Crippen LogP contribution in [0.15, 0.2) is 48.5 Å². The van der Waals surface area contributed by atoms with Gasteiger partial charge in [0, 0.05) is 17.1 Å². The van der Waals surface area contributed by atoms with Crippen molar-refractivity contribution in [2.24, 2.45) is 5.92 Å². The van der Waals surface area contributed by atoms with Gasteiger partial charge >= 0.3 is 0 Å². The first-order valence-corrected chi connectivity index (χ1v) is 8.33. The topological polar surface area (TPSA) is 58.2 Å². The Morgan fingerprint density at radius 2 is 1.64 bits per heavy atom. The number of carbonyl (C=O) groups excluding carboxylic acids is 2. The number of rotatable bonds is 6. The Kier molecular flexibility index (Phi) is 6.53. The molecule has 25 heavy (non-hydrogen) atoms. The van der Waals surface area contributed by atoms with E-state index in [-0.39, 0.29) is 30.1 Å². The van der Waals surface area contributed by atoms with E-state index in [9.17, 15) is 14.0 Å². The van der Waals surface area contributed by atoms with Crippen LogP contribution < -0.4 is 10.6 Å². The van der Waals surface area contributed by atoms with E-state index in [0.717, 1.165) is 5.56 Å². The number of amides is 2. The van der Waals surface area contributed by atoms with Crippen molar-refractivity contribution in [3.05, 3.63) is 70.5 Å². The quantitative estimate of drug-likeness (QED) is 0.825. The lowest BCUT2D eigenvalue weighted by Crippen LogP contribution is -2.49. The predicted octanol–water partition coefficient (Wildman–Crippen LogP) is 3.55. The second-order valence-electron chi connectivity index (χ2n) is 6.05. The van der Waals surface area contributed by atoms with Crippen molar-refractivity contribution >= 4 is 23.4 Å². The zero-order chi connectivity index (χ0) is 18.4. The number of halogens is 2. The van der Waals surface area contributed by atoms with Crippen LogP contribution in [0.25, 0.3) is 0 Å². The van der Waals surface area contributed by atoms with Gasteiger partial charge < -0.3 is 10.6 Å². The second-order valence-corrected chi connectivity index (χ2v) is 6.48. The van der Waals surface area contributed by atoms with Gasteiger partial charge in [0.05, 0.1) is 0 Å². The van der Waals surface area contributed by atoms with Crippen molar-refractivity contribution in [1.82, 2.24) is 10.6 Å². The molecule has 0 saturated carbocycles. The molecule has 0 fully saturated rings. The van der Waals surface area contributed by atoms with Crippen molar-refractivity contribution in [2.75, 3.05) is 0 Å². The molecule has 2 amide bonds. The highest BCUT2D eigenvalue weighted by Crippen LogP contribution is 2.11. The fourth-order valence-electron chi connectivity index (χ4n) is 2.26. The molecular weight excluding hydrogens is 343 g/mol. The molecule has 2 rings (SSSR count). The van der Waals surface area contributed by atoms with Crippen molar-refractivity contribution in [1.29, 1.82) is 0 Å². The zero-order valence-corrected chi connectivity index (χ0v) is 14.8. The van der Waals surface area contributed by atoms with E-state index in [0.29, 0.717) is 10.6 Å². The van der Waals surface area contributed by atoms with Gasteiger partial charge in [0.15, 0.2) is 0 Å². The Hall–Kier alpha value is -2.40. The van der Waals surface area contributed by atoms with Crippen molar-refractivity contribution in [2.45, 2.75) is 26.4 Å². The van der Waals surface area contributed by atoms with Gasteiger partial charge in [0.25, 0.3) is 5.91 Å². The maximum absolute atomic E-state index is 12.9. The Morgan fingerprint density at radius 1 is 1.04 bits per heavy atom. The van der Waals surface area contributed by atoms with E-state index in [1.165, 1.54) is 12.1 Å². The monoisotopic (exact) mass is 362 g/mol. The van der Waals surface area contributed by atoms with Crippen LogP contribution in [0.3, 0.4) is 0 Å². The first-order valence-electron chi connectivity index (χ1n) is 7.95. The van der Waals surface area contributed by atoms with Gasteiger partial charge in [0.1, 0.15) is 11.9 Å². The van der Waals surface area contributed by atoms with Crippen LogP contribution in [0.4, 0.5) is 4.39 Å². The molecule has 0 aliphatic rings. The van der Waals surface area contributed by atoms with Gasteiger partial charge in [-0.05, 0) is 47.9 Å². The van der Waals surface area contributed by atoms with E-state index in [2.05, 4.69) is 10.6 Å². The largest absolute Gasteiger partial charge is 0.350 e. The summed E-state index contributed by atoms with van der Waals surface area (Å²) in [7, 11) is 0. The Bertz CT molecular complexity index is 730. The summed E-state index contributed by atoms with van der Waals surface area (Å²) in [6.45, 7) is 3.97. The van der Waals surface area contributed by atoms with Crippen molar-refractivity contribution in [3.8, 4) is 0 Å². The summed E-state index contributed by atoms with van der Waals surface area (Å²) in [6, 6.07) is 11.7. The average Bonchev–Trinajstić information content (AvgIpc) is 2.59. The Labute approximate surface area is 151 Å². The van der Waals surface area contributed by atoms with E-state index in [4.69, 9.17) is 11.6 Å². The minimum Gasteiger partial charge on any atom is -0.350 e. The molecule has 0 bridgehead atoms. The summed E-state index contributed by atoms with van der Waals surface area (Å²) in [5.41, 5.74) is 1.21. The minimum atomic E-state index is -0.677. The summed E-state index contributed by atoms with van der Waals surface area (Å²) >= 11 is 5.81. The van der Waals surface area contributed by atoms with Gasteiger partial charge in [-0.1, -0.05) is 37.6 Å². The molecule has 0 aromatic heterocycles. The number of hydrogen-bond donors (Lipinski definition) is 2. The third kappa shape index (κ3) is 5.57. The van der Waals surface area contributed by atoms with E-state index in [1.807, 2.05) is 13.8 Å². The SMILES string of the molecule is CC(C)[C@H](NC(=O)c1ccc(Cl)cc1)C(=O)NCc1ccc(F)cc1. The summed E-state index contributed by atoms with van der Waals surface area (Å²) in [5, 5.41) is 6.05. The maximum atomic E-state index is 12.9. The van der Waals surface area contributed by atoms with Gasteiger partial charge in [-0.15, -0.1) is 0 Å². The normalized spacial score (nSPS) is 11.9. The summed E-state index contributed by atoms with van der Waals surface area (Å²) in [6.07, 6.45) is 0. The number of benzene rings is 2. The molecule has 1 atom stereocenters. The Morgan fingerprint density at radius 3 is 2.20 bits per heavy atom. The first kappa shape index (κ1) is 18.9. The second kappa shape index (κ2) is 8.62. The van der Waals surface area contributed by atoms with E-state index in [1.54, 1.807) is 36.4 Å². The lowest BCUT2D eigenvalue weighted by Gasteiger charge is -2.22. The minimum absolute atomic E-state index is 0.0931.